The zero-order valence-electron chi connectivity index (χ0n) is 13.0. The largest absolute Gasteiger partial charge is 0.469 e. The molecule has 1 saturated heterocycles. The van der Waals surface area contributed by atoms with Crippen molar-refractivity contribution in [3.8, 4) is 0 Å². The van der Waals surface area contributed by atoms with Crippen LogP contribution in [0.25, 0.3) is 0 Å². The summed E-state index contributed by atoms with van der Waals surface area (Å²) in [5, 5.41) is 3.30. The molecule has 1 N–H and O–H groups in total. The van der Waals surface area contributed by atoms with Gasteiger partial charge in [-0.2, -0.15) is 0 Å². The lowest BCUT2D eigenvalue weighted by molar-refractivity contribution is -0.141. The van der Waals surface area contributed by atoms with Crippen molar-refractivity contribution in [2.24, 2.45) is 0 Å². The van der Waals surface area contributed by atoms with Gasteiger partial charge in [-0.15, -0.1) is 0 Å². The fourth-order valence-corrected chi connectivity index (χ4v) is 2.72. The first-order chi connectivity index (χ1) is 9.93. The molecule has 2 unspecified atom stereocenters. The topological polar surface area (TPSA) is 58.6 Å². The fourth-order valence-electron chi connectivity index (χ4n) is 2.72. The Labute approximate surface area is 125 Å². The monoisotopic (exact) mass is 290 g/mol. The first-order valence-corrected chi connectivity index (χ1v) is 7.14. The van der Waals surface area contributed by atoms with Crippen LogP contribution in [0.5, 0.6) is 0 Å². The van der Waals surface area contributed by atoms with Gasteiger partial charge in [-0.3, -0.25) is 14.9 Å². The first-order valence-electron chi connectivity index (χ1n) is 7.14. The number of rotatable bonds is 4. The summed E-state index contributed by atoms with van der Waals surface area (Å²) < 4.78 is 4.66. The number of carbonyl (C=O) groups is 2. The van der Waals surface area contributed by atoms with E-state index in [4.69, 9.17) is 0 Å². The van der Waals surface area contributed by atoms with Crippen LogP contribution in [0, 0.1) is 13.8 Å². The van der Waals surface area contributed by atoms with Crippen LogP contribution in [-0.2, 0) is 14.3 Å². The average Bonchev–Trinajstić information content (AvgIpc) is 2.72. The van der Waals surface area contributed by atoms with Gasteiger partial charge in [0, 0.05) is 6.54 Å². The molecule has 21 heavy (non-hydrogen) atoms. The minimum Gasteiger partial charge on any atom is -0.469 e. The molecule has 1 amide bonds. The Hall–Kier alpha value is -1.88. The van der Waals surface area contributed by atoms with Crippen molar-refractivity contribution in [1.29, 1.82) is 0 Å². The Morgan fingerprint density at radius 1 is 1.38 bits per heavy atom. The molecule has 0 aliphatic carbocycles. The predicted octanol–water partition coefficient (Wildman–Crippen LogP) is 1.69. The standard InChI is InChI=1S/C16H22N2O3/c1-10-5-6-13(11(2)9-10)15-17-12(3)16(20)18(15)8-7-14(19)21-4/h5-6,9,12,15,17H,7-8H2,1-4H3. The van der Waals surface area contributed by atoms with Crippen molar-refractivity contribution in [1.82, 2.24) is 10.2 Å². The number of hydrogen-bond donors (Lipinski definition) is 1. The van der Waals surface area contributed by atoms with Crippen LogP contribution in [0.2, 0.25) is 0 Å². The van der Waals surface area contributed by atoms with Crippen LogP contribution in [0.3, 0.4) is 0 Å². The van der Waals surface area contributed by atoms with Gasteiger partial charge in [-0.1, -0.05) is 23.8 Å². The van der Waals surface area contributed by atoms with E-state index in [2.05, 4.69) is 16.1 Å². The van der Waals surface area contributed by atoms with E-state index in [0.717, 1.165) is 11.1 Å². The van der Waals surface area contributed by atoms with Gasteiger partial charge >= 0.3 is 5.97 Å². The summed E-state index contributed by atoms with van der Waals surface area (Å²) in [7, 11) is 1.36. The molecule has 1 aliphatic heterocycles. The summed E-state index contributed by atoms with van der Waals surface area (Å²) in [5.41, 5.74) is 3.40. The van der Waals surface area contributed by atoms with Crippen LogP contribution >= 0.6 is 0 Å². The van der Waals surface area contributed by atoms with Crippen molar-refractivity contribution >= 4 is 11.9 Å². The summed E-state index contributed by atoms with van der Waals surface area (Å²) in [4.78, 5) is 25.3. The summed E-state index contributed by atoms with van der Waals surface area (Å²) in [6, 6.07) is 5.94. The zero-order chi connectivity index (χ0) is 15.6. The number of benzene rings is 1. The third-order valence-corrected chi connectivity index (χ3v) is 3.88. The average molecular weight is 290 g/mol. The highest BCUT2D eigenvalue weighted by Gasteiger charge is 2.37. The smallest absolute Gasteiger partial charge is 0.307 e. The predicted molar refractivity (Wildman–Crippen MR) is 79.6 cm³/mol. The van der Waals surface area contributed by atoms with E-state index >= 15 is 0 Å². The van der Waals surface area contributed by atoms with Crippen molar-refractivity contribution in [2.45, 2.75) is 39.4 Å². The van der Waals surface area contributed by atoms with E-state index in [0.29, 0.717) is 6.54 Å². The van der Waals surface area contributed by atoms with Gasteiger partial charge in [0.25, 0.3) is 0 Å². The van der Waals surface area contributed by atoms with Gasteiger partial charge in [-0.05, 0) is 31.9 Å². The second-order valence-electron chi connectivity index (χ2n) is 5.51. The molecule has 0 bridgehead atoms. The molecule has 0 aromatic heterocycles. The Morgan fingerprint density at radius 3 is 2.71 bits per heavy atom. The maximum atomic E-state index is 12.3. The minimum atomic E-state index is -0.304. The second kappa shape index (κ2) is 6.26. The van der Waals surface area contributed by atoms with E-state index in [9.17, 15) is 9.59 Å². The van der Waals surface area contributed by atoms with Gasteiger partial charge in [0.2, 0.25) is 5.91 Å². The summed E-state index contributed by atoms with van der Waals surface area (Å²) in [5.74, 6) is -0.286. The van der Waals surface area contributed by atoms with Crippen molar-refractivity contribution < 1.29 is 14.3 Å². The van der Waals surface area contributed by atoms with Crippen molar-refractivity contribution in [2.75, 3.05) is 13.7 Å². The number of aryl methyl sites for hydroxylation is 2. The van der Waals surface area contributed by atoms with Gasteiger partial charge in [0.1, 0.15) is 6.17 Å². The molecule has 1 aliphatic rings. The van der Waals surface area contributed by atoms with Crippen LogP contribution < -0.4 is 5.32 Å². The number of methoxy groups -OCH3 is 1. The molecule has 1 fully saturated rings. The van der Waals surface area contributed by atoms with E-state index in [1.807, 2.05) is 32.9 Å². The number of nitrogens with zero attached hydrogens (tertiary/aromatic N) is 1. The lowest BCUT2D eigenvalue weighted by Gasteiger charge is -2.25. The molecular weight excluding hydrogens is 268 g/mol. The highest BCUT2D eigenvalue weighted by molar-refractivity contribution is 5.84. The number of esters is 1. The van der Waals surface area contributed by atoms with Crippen LogP contribution in [0.15, 0.2) is 18.2 Å². The number of carbonyl (C=O) groups excluding carboxylic acids is 2. The summed E-state index contributed by atoms with van der Waals surface area (Å²) in [6.07, 6.45) is 0.0238. The molecule has 1 aromatic rings. The highest BCUT2D eigenvalue weighted by atomic mass is 16.5. The molecule has 114 valence electrons. The van der Waals surface area contributed by atoms with Gasteiger partial charge in [0.15, 0.2) is 0 Å². The van der Waals surface area contributed by atoms with Crippen molar-refractivity contribution in [3.05, 3.63) is 34.9 Å². The second-order valence-corrected chi connectivity index (χ2v) is 5.51. The third-order valence-electron chi connectivity index (χ3n) is 3.88. The van der Waals surface area contributed by atoms with E-state index in [1.165, 1.54) is 12.7 Å². The van der Waals surface area contributed by atoms with Crippen molar-refractivity contribution in [3.63, 3.8) is 0 Å². The SMILES string of the molecule is COC(=O)CCN1C(=O)C(C)NC1c1ccc(C)cc1C. The van der Waals surface area contributed by atoms with E-state index in [1.54, 1.807) is 4.90 Å². The molecule has 0 spiro atoms. The zero-order valence-corrected chi connectivity index (χ0v) is 13.0. The fraction of sp³-hybridized carbons (Fsp3) is 0.500. The Kier molecular flexibility index (Phi) is 4.63. The van der Waals surface area contributed by atoms with Gasteiger partial charge in [0.05, 0.1) is 19.6 Å². The number of amides is 1. The molecule has 1 heterocycles. The number of ether oxygens (including phenoxy) is 1. The molecule has 5 nitrogen and oxygen atoms in total. The van der Waals surface area contributed by atoms with Crippen LogP contribution in [0.4, 0.5) is 0 Å². The summed E-state index contributed by atoms with van der Waals surface area (Å²) in [6.45, 7) is 6.29. The lowest BCUT2D eigenvalue weighted by atomic mass is 10.0. The maximum Gasteiger partial charge on any atom is 0.307 e. The van der Waals surface area contributed by atoms with Gasteiger partial charge < -0.3 is 9.64 Å². The molecule has 2 atom stereocenters. The third kappa shape index (κ3) is 3.24. The van der Waals surface area contributed by atoms with E-state index < -0.39 is 0 Å². The number of nitrogens with one attached hydrogen (secondary N) is 1. The Balaban J connectivity index is 2.23. The normalized spacial score (nSPS) is 21.7. The molecule has 0 radical (unpaired) electrons. The minimum absolute atomic E-state index is 0.0175. The molecule has 0 saturated carbocycles. The molecular formula is C16H22N2O3. The van der Waals surface area contributed by atoms with Crippen LogP contribution in [-0.4, -0.2) is 36.5 Å². The van der Waals surface area contributed by atoms with Gasteiger partial charge in [-0.25, -0.2) is 0 Å². The number of hydrogen-bond acceptors (Lipinski definition) is 4. The van der Waals surface area contributed by atoms with E-state index in [-0.39, 0.29) is 30.5 Å². The summed E-state index contributed by atoms with van der Waals surface area (Å²) >= 11 is 0. The quantitative estimate of drug-likeness (QED) is 0.857. The molecule has 2 rings (SSSR count). The molecule has 5 heteroatoms. The first kappa shape index (κ1) is 15.5. The highest BCUT2D eigenvalue weighted by Crippen LogP contribution is 2.28. The van der Waals surface area contributed by atoms with Crippen LogP contribution in [0.1, 0.15) is 36.2 Å². The lowest BCUT2D eigenvalue weighted by Crippen LogP contribution is -2.33. The molecule has 1 aromatic carbocycles. The Bertz CT molecular complexity index is 556. The maximum absolute atomic E-state index is 12.3. The Morgan fingerprint density at radius 2 is 2.10 bits per heavy atom.